The lowest BCUT2D eigenvalue weighted by Crippen LogP contribution is -2.29. The lowest BCUT2D eigenvalue weighted by molar-refractivity contribution is 0.552. The largest absolute Gasteiger partial charge is 0.303 e. The quantitative estimate of drug-likeness (QED) is 0.713. The number of sulfone groups is 1. The Balaban J connectivity index is 3.77. The van der Waals surface area contributed by atoms with Gasteiger partial charge < -0.3 is 5.32 Å². The van der Waals surface area contributed by atoms with Crippen LogP contribution in [0, 0.1) is 11.8 Å². The zero-order valence-electron chi connectivity index (χ0n) is 9.00. The highest BCUT2D eigenvalue weighted by Gasteiger charge is 2.12. The SMILES string of the molecule is CC(C)CNCS(=O)(=O)CC(C)C. The van der Waals surface area contributed by atoms with Crippen LogP contribution in [-0.4, -0.2) is 26.6 Å². The lowest BCUT2D eigenvalue weighted by atomic mass is 10.2. The molecule has 0 spiro atoms. The molecular weight excluding hydrogens is 186 g/mol. The van der Waals surface area contributed by atoms with E-state index in [1.807, 2.05) is 13.8 Å². The molecule has 0 fully saturated rings. The van der Waals surface area contributed by atoms with Gasteiger partial charge in [0, 0.05) is 0 Å². The average Bonchev–Trinajstić information content (AvgIpc) is 1.81. The molecule has 3 nitrogen and oxygen atoms in total. The molecule has 0 saturated carbocycles. The molecular formula is C9H21NO2S. The van der Waals surface area contributed by atoms with Gasteiger partial charge >= 0.3 is 0 Å². The molecule has 1 N–H and O–H groups in total. The van der Waals surface area contributed by atoms with Gasteiger partial charge in [0.1, 0.15) is 0 Å². The Hall–Kier alpha value is -0.0900. The summed E-state index contributed by atoms with van der Waals surface area (Å²) in [4.78, 5) is 0. The van der Waals surface area contributed by atoms with Crippen molar-refractivity contribution in [3.63, 3.8) is 0 Å². The van der Waals surface area contributed by atoms with Crippen LogP contribution in [0.2, 0.25) is 0 Å². The van der Waals surface area contributed by atoms with Crippen LogP contribution < -0.4 is 5.32 Å². The van der Waals surface area contributed by atoms with E-state index in [4.69, 9.17) is 0 Å². The minimum Gasteiger partial charge on any atom is -0.303 e. The van der Waals surface area contributed by atoms with E-state index >= 15 is 0 Å². The molecule has 80 valence electrons. The molecule has 0 aromatic heterocycles. The van der Waals surface area contributed by atoms with Crippen LogP contribution in [-0.2, 0) is 9.84 Å². The third-order valence-corrected chi connectivity index (χ3v) is 3.28. The number of hydrogen-bond acceptors (Lipinski definition) is 3. The van der Waals surface area contributed by atoms with Gasteiger partial charge in [-0.3, -0.25) is 0 Å². The van der Waals surface area contributed by atoms with E-state index in [-0.39, 0.29) is 17.5 Å². The van der Waals surface area contributed by atoms with E-state index in [9.17, 15) is 8.42 Å². The van der Waals surface area contributed by atoms with E-state index in [2.05, 4.69) is 19.2 Å². The molecule has 0 aliphatic heterocycles. The average molecular weight is 207 g/mol. The topological polar surface area (TPSA) is 46.2 Å². The molecule has 0 aliphatic rings. The number of nitrogens with one attached hydrogen (secondary N) is 1. The molecule has 0 aromatic carbocycles. The zero-order chi connectivity index (χ0) is 10.5. The van der Waals surface area contributed by atoms with E-state index in [1.54, 1.807) is 0 Å². The Labute approximate surface area is 81.8 Å². The monoisotopic (exact) mass is 207 g/mol. The maximum absolute atomic E-state index is 11.4. The predicted octanol–water partition coefficient (Wildman–Crippen LogP) is 1.26. The standard InChI is InChI=1S/C9H21NO2S/c1-8(2)5-10-7-13(11,12)6-9(3)4/h8-10H,5-7H2,1-4H3. The first-order chi connectivity index (χ1) is 5.83. The summed E-state index contributed by atoms with van der Waals surface area (Å²) >= 11 is 0. The molecule has 0 heterocycles. The van der Waals surface area contributed by atoms with Gasteiger partial charge in [0.05, 0.1) is 11.6 Å². The molecule has 0 atom stereocenters. The van der Waals surface area contributed by atoms with Gasteiger partial charge in [-0.15, -0.1) is 0 Å². The van der Waals surface area contributed by atoms with Crippen LogP contribution in [0.25, 0.3) is 0 Å². The van der Waals surface area contributed by atoms with Crippen molar-refractivity contribution in [3.05, 3.63) is 0 Å². The van der Waals surface area contributed by atoms with Crippen molar-refractivity contribution in [3.8, 4) is 0 Å². The van der Waals surface area contributed by atoms with Crippen LogP contribution in [0.1, 0.15) is 27.7 Å². The van der Waals surface area contributed by atoms with Crippen LogP contribution >= 0.6 is 0 Å². The van der Waals surface area contributed by atoms with Crippen molar-refractivity contribution in [2.45, 2.75) is 27.7 Å². The third-order valence-electron chi connectivity index (χ3n) is 1.46. The van der Waals surface area contributed by atoms with Crippen LogP contribution in [0.15, 0.2) is 0 Å². The van der Waals surface area contributed by atoms with Crippen molar-refractivity contribution in [2.24, 2.45) is 11.8 Å². The second-order valence-corrected chi connectivity index (χ2v) is 6.41. The molecule has 0 unspecified atom stereocenters. The molecule has 13 heavy (non-hydrogen) atoms. The van der Waals surface area contributed by atoms with Crippen molar-refractivity contribution in [1.29, 1.82) is 0 Å². The molecule has 0 aromatic rings. The maximum Gasteiger partial charge on any atom is 0.163 e. The van der Waals surface area contributed by atoms with Gasteiger partial charge in [0.25, 0.3) is 0 Å². The first-order valence-electron chi connectivity index (χ1n) is 4.74. The first-order valence-corrected chi connectivity index (χ1v) is 6.57. The van der Waals surface area contributed by atoms with Gasteiger partial charge in [0.2, 0.25) is 0 Å². The third kappa shape index (κ3) is 8.25. The smallest absolute Gasteiger partial charge is 0.163 e. The van der Waals surface area contributed by atoms with Crippen LogP contribution in [0.4, 0.5) is 0 Å². The van der Waals surface area contributed by atoms with E-state index in [1.165, 1.54) is 0 Å². The van der Waals surface area contributed by atoms with Gasteiger partial charge in [-0.05, 0) is 18.4 Å². The van der Waals surface area contributed by atoms with Gasteiger partial charge in [-0.1, -0.05) is 27.7 Å². The van der Waals surface area contributed by atoms with Crippen LogP contribution in [0.5, 0.6) is 0 Å². The summed E-state index contributed by atoms with van der Waals surface area (Å²) in [7, 11) is -2.89. The highest BCUT2D eigenvalue weighted by Crippen LogP contribution is 1.99. The zero-order valence-corrected chi connectivity index (χ0v) is 9.82. The molecule has 0 amide bonds. The van der Waals surface area contributed by atoms with Gasteiger partial charge in [-0.25, -0.2) is 8.42 Å². The molecule has 0 bridgehead atoms. The van der Waals surface area contributed by atoms with Crippen molar-refractivity contribution in [2.75, 3.05) is 18.2 Å². The van der Waals surface area contributed by atoms with E-state index < -0.39 is 9.84 Å². The summed E-state index contributed by atoms with van der Waals surface area (Å²) in [5.41, 5.74) is 0. The molecule has 0 saturated heterocycles. The highest BCUT2D eigenvalue weighted by molar-refractivity contribution is 7.91. The second kappa shape index (κ2) is 5.60. The fourth-order valence-electron chi connectivity index (χ4n) is 1.07. The molecule has 4 heteroatoms. The number of rotatable bonds is 6. The Kier molecular flexibility index (Phi) is 5.56. The van der Waals surface area contributed by atoms with E-state index in [0.29, 0.717) is 5.92 Å². The lowest BCUT2D eigenvalue weighted by Gasteiger charge is -2.09. The van der Waals surface area contributed by atoms with E-state index in [0.717, 1.165) is 6.54 Å². The Morgan fingerprint density at radius 1 is 1.08 bits per heavy atom. The summed E-state index contributed by atoms with van der Waals surface area (Å²) in [5.74, 6) is 1.10. The molecule has 0 rings (SSSR count). The molecule has 0 radical (unpaired) electrons. The van der Waals surface area contributed by atoms with Crippen LogP contribution in [0.3, 0.4) is 0 Å². The second-order valence-electron chi connectivity index (χ2n) is 4.30. The summed E-state index contributed by atoms with van der Waals surface area (Å²) in [6.07, 6.45) is 0. The summed E-state index contributed by atoms with van der Waals surface area (Å²) in [5, 5.41) is 2.94. The highest BCUT2D eigenvalue weighted by atomic mass is 32.2. The summed E-state index contributed by atoms with van der Waals surface area (Å²) in [6.45, 7) is 8.71. The summed E-state index contributed by atoms with van der Waals surface area (Å²) < 4.78 is 22.7. The van der Waals surface area contributed by atoms with Crippen molar-refractivity contribution < 1.29 is 8.42 Å². The van der Waals surface area contributed by atoms with Crippen molar-refractivity contribution >= 4 is 9.84 Å². The Morgan fingerprint density at radius 2 is 1.62 bits per heavy atom. The minimum atomic E-state index is -2.89. The number of hydrogen-bond donors (Lipinski definition) is 1. The Morgan fingerprint density at radius 3 is 2.00 bits per heavy atom. The fourth-order valence-corrected chi connectivity index (χ4v) is 2.63. The summed E-state index contributed by atoms with van der Waals surface area (Å²) in [6, 6.07) is 0. The van der Waals surface area contributed by atoms with Gasteiger partial charge in [0.15, 0.2) is 9.84 Å². The first kappa shape index (κ1) is 12.9. The maximum atomic E-state index is 11.4. The van der Waals surface area contributed by atoms with Gasteiger partial charge in [-0.2, -0.15) is 0 Å². The minimum absolute atomic E-state index is 0.114. The molecule has 0 aliphatic carbocycles. The Bertz CT molecular complexity index is 220. The predicted molar refractivity (Wildman–Crippen MR) is 56.3 cm³/mol. The van der Waals surface area contributed by atoms with Crippen molar-refractivity contribution in [1.82, 2.24) is 5.32 Å². The fraction of sp³-hybridized carbons (Fsp3) is 1.00. The normalized spacial score (nSPS) is 12.8.